The Morgan fingerprint density at radius 2 is 0.902 bits per heavy atom. The lowest BCUT2D eigenvalue weighted by atomic mass is 9.94. The fourth-order valence-electron chi connectivity index (χ4n) is 8.90. The Hall–Kier alpha value is -6.84. The molecule has 9 aromatic carbocycles. The van der Waals surface area contributed by atoms with E-state index in [4.69, 9.17) is 4.42 Å². The van der Waals surface area contributed by atoms with Gasteiger partial charge in [-0.25, -0.2) is 0 Å². The SMILES string of the molecule is c1ccc(-n2c3ccccc3c3cc(-c4ccc5c6ccccc6n(-c6ccc7c8ccccc8c8cccc9oc6c7c98)c5c4)ccc32)cc1. The number of hydrogen-bond acceptors (Lipinski definition) is 1. The zero-order chi connectivity index (χ0) is 33.2. The highest BCUT2D eigenvalue weighted by Crippen LogP contribution is 2.46. The van der Waals surface area contributed by atoms with E-state index in [0.29, 0.717) is 0 Å². The van der Waals surface area contributed by atoms with Crippen LogP contribution < -0.4 is 0 Å². The van der Waals surface area contributed by atoms with Crippen LogP contribution in [0.5, 0.6) is 0 Å². The Morgan fingerprint density at radius 3 is 1.71 bits per heavy atom. The first kappa shape index (κ1) is 27.0. The molecule has 0 saturated carbocycles. The topological polar surface area (TPSA) is 23.0 Å². The van der Waals surface area contributed by atoms with Crippen molar-refractivity contribution in [1.82, 2.24) is 9.13 Å². The van der Waals surface area contributed by atoms with Gasteiger partial charge in [0.15, 0.2) is 5.58 Å². The number of nitrogens with zero attached hydrogens (tertiary/aromatic N) is 2. The van der Waals surface area contributed by atoms with Gasteiger partial charge in [0, 0.05) is 38.0 Å². The van der Waals surface area contributed by atoms with Gasteiger partial charge in [0.05, 0.1) is 27.8 Å². The van der Waals surface area contributed by atoms with Gasteiger partial charge < -0.3 is 13.6 Å². The number of aromatic nitrogens is 2. The molecule has 0 aliphatic heterocycles. The quantitative estimate of drug-likeness (QED) is 0.175. The fraction of sp³-hybridized carbons (Fsp3) is 0. The Labute approximate surface area is 292 Å². The number of rotatable bonds is 3. The van der Waals surface area contributed by atoms with Crippen LogP contribution >= 0.6 is 0 Å². The van der Waals surface area contributed by atoms with E-state index in [1.54, 1.807) is 0 Å². The Bertz CT molecular complexity index is 3360. The van der Waals surface area contributed by atoms with Crippen LogP contribution in [0.15, 0.2) is 174 Å². The molecule has 51 heavy (non-hydrogen) atoms. The summed E-state index contributed by atoms with van der Waals surface area (Å²) in [5.41, 5.74) is 11.2. The molecule has 0 aliphatic rings. The summed E-state index contributed by atoms with van der Waals surface area (Å²) in [6.07, 6.45) is 0. The molecule has 3 heterocycles. The summed E-state index contributed by atoms with van der Waals surface area (Å²) in [6.45, 7) is 0. The summed E-state index contributed by atoms with van der Waals surface area (Å²) in [5.74, 6) is 0. The maximum Gasteiger partial charge on any atom is 0.160 e. The van der Waals surface area contributed by atoms with E-state index in [2.05, 4.69) is 179 Å². The highest BCUT2D eigenvalue weighted by molar-refractivity contribution is 6.34. The van der Waals surface area contributed by atoms with Crippen molar-refractivity contribution in [3.63, 3.8) is 0 Å². The largest absolute Gasteiger partial charge is 0.454 e. The third-order valence-corrected chi connectivity index (χ3v) is 11.1. The van der Waals surface area contributed by atoms with Crippen molar-refractivity contribution < 1.29 is 4.42 Å². The Balaban J connectivity index is 1.13. The van der Waals surface area contributed by atoms with Crippen molar-refractivity contribution >= 4 is 87.1 Å². The zero-order valence-corrected chi connectivity index (χ0v) is 27.5. The molecule has 0 amide bonds. The van der Waals surface area contributed by atoms with Gasteiger partial charge in [0.25, 0.3) is 0 Å². The van der Waals surface area contributed by atoms with E-state index in [0.717, 1.165) is 22.4 Å². The molecule has 0 fully saturated rings. The first-order chi connectivity index (χ1) is 25.3. The fourth-order valence-corrected chi connectivity index (χ4v) is 8.90. The summed E-state index contributed by atoms with van der Waals surface area (Å²) in [7, 11) is 0. The average molecular weight is 649 g/mol. The van der Waals surface area contributed by atoms with Gasteiger partial charge >= 0.3 is 0 Å². The van der Waals surface area contributed by atoms with Gasteiger partial charge in [-0.05, 0) is 87.3 Å². The molecule has 0 atom stereocenters. The van der Waals surface area contributed by atoms with Gasteiger partial charge in [0.1, 0.15) is 5.58 Å². The minimum Gasteiger partial charge on any atom is -0.454 e. The van der Waals surface area contributed by atoms with Gasteiger partial charge in [-0.1, -0.05) is 115 Å². The standard InChI is InChI=1S/C48H28N2O/c1-2-11-31(12-3-1)49-40-18-8-7-16-35(40)39-27-29(22-25-42(39)49)30-21-23-36-34-15-6-9-19-41(34)50(44(36)28-30)43-26-24-38-33-14-5-4-13-32(33)37-17-10-20-45-46(37)47(38)48(43)51-45/h1-28H. The number of furan rings is 1. The minimum absolute atomic E-state index is 0.924. The smallest absolute Gasteiger partial charge is 0.160 e. The summed E-state index contributed by atoms with van der Waals surface area (Å²) in [6, 6.07) is 61.7. The highest BCUT2D eigenvalue weighted by atomic mass is 16.3. The molecule has 0 radical (unpaired) electrons. The number of para-hydroxylation sites is 3. The Morgan fingerprint density at radius 1 is 0.333 bits per heavy atom. The molecule has 3 aromatic heterocycles. The van der Waals surface area contributed by atoms with E-state index >= 15 is 0 Å². The lowest BCUT2D eigenvalue weighted by Crippen LogP contribution is -1.95. The van der Waals surface area contributed by atoms with Crippen LogP contribution in [0, 0.1) is 0 Å². The van der Waals surface area contributed by atoms with Crippen LogP contribution in [0.1, 0.15) is 0 Å². The zero-order valence-electron chi connectivity index (χ0n) is 27.5. The predicted molar refractivity (Wildman–Crippen MR) is 214 cm³/mol. The van der Waals surface area contributed by atoms with Gasteiger partial charge in [0.2, 0.25) is 0 Å². The van der Waals surface area contributed by atoms with Gasteiger partial charge in [-0.2, -0.15) is 0 Å². The average Bonchev–Trinajstić information content (AvgIpc) is 3.86. The molecular weight excluding hydrogens is 621 g/mol. The monoisotopic (exact) mass is 648 g/mol. The molecule has 236 valence electrons. The van der Waals surface area contributed by atoms with Crippen LogP contribution in [0.3, 0.4) is 0 Å². The second-order valence-corrected chi connectivity index (χ2v) is 13.7. The van der Waals surface area contributed by atoms with Crippen molar-refractivity contribution in [3.05, 3.63) is 170 Å². The maximum atomic E-state index is 6.86. The summed E-state index contributed by atoms with van der Waals surface area (Å²) >= 11 is 0. The van der Waals surface area contributed by atoms with Crippen LogP contribution in [0.2, 0.25) is 0 Å². The normalized spacial score (nSPS) is 12.3. The molecule has 12 aromatic rings. The Kier molecular flexibility index (Phi) is 5.23. The minimum atomic E-state index is 0.924. The highest BCUT2D eigenvalue weighted by Gasteiger charge is 2.22. The number of hydrogen-bond donors (Lipinski definition) is 0. The van der Waals surface area contributed by atoms with E-state index < -0.39 is 0 Å². The second-order valence-electron chi connectivity index (χ2n) is 13.7. The first-order valence-electron chi connectivity index (χ1n) is 17.5. The lowest BCUT2D eigenvalue weighted by molar-refractivity contribution is 0.667. The van der Waals surface area contributed by atoms with E-state index in [1.807, 2.05) is 0 Å². The van der Waals surface area contributed by atoms with Crippen molar-refractivity contribution in [2.75, 3.05) is 0 Å². The lowest BCUT2D eigenvalue weighted by Gasteiger charge is -2.12. The molecule has 12 rings (SSSR count). The van der Waals surface area contributed by atoms with Crippen LogP contribution in [-0.4, -0.2) is 9.13 Å². The molecule has 0 spiro atoms. The van der Waals surface area contributed by atoms with Crippen molar-refractivity contribution in [1.29, 1.82) is 0 Å². The predicted octanol–water partition coefficient (Wildman–Crippen LogP) is 13.2. The molecule has 0 unspecified atom stereocenters. The van der Waals surface area contributed by atoms with E-state index in [-0.39, 0.29) is 0 Å². The molecule has 3 heteroatoms. The second kappa shape index (κ2) is 9.87. The van der Waals surface area contributed by atoms with E-state index in [9.17, 15) is 0 Å². The molecular formula is C48H28N2O. The molecule has 0 saturated heterocycles. The van der Waals surface area contributed by atoms with Crippen LogP contribution in [0.4, 0.5) is 0 Å². The molecule has 0 aliphatic carbocycles. The summed E-state index contributed by atoms with van der Waals surface area (Å²) in [5, 5.41) is 12.3. The van der Waals surface area contributed by atoms with Crippen molar-refractivity contribution in [3.8, 4) is 22.5 Å². The van der Waals surface area contributed by atoms with Crippen molar-refractivity contribution in [2.45, 2.75) is 0 Å². The number of benzene rings is 9. The van der Waals surface area contributed by atoms with Gasteiger partial charge in [-0.3, -0.25) is 0 Å². The molecule has 3 nitrogen and oxygen atoms in total. The summed E-state index contributed by atoms with van der Waals surface area (Å²) < 4.78 is 11.6. The van der Waals surface area contributed by atoms with Crippen LogP contribution in [-0.2, 0) is 0 Å². The molecule has 0 N–H and O–H groups in total. The first-order valence-corrected chi connectivity index (χ1v) is 17.5. The third-order valence-electron chi connectivity index (χ3n) is 11.1. The van der Waals surface area contributed by atoms with Crippen LogP contribution in [0.25, 0.3) is 110 Å². The van der Waals surface area contributed by atoms with E-state index in [1.165, 1.54) is 87.2 Å². The third kappa shape index (κ3) is 3.57. The maximum absolute atomic E-state index is 6.86. The summed E-state index contributed by atoms with van der Waals surface area (Å²) in [4.78, 5) is 0. The molecule has 0 bridgehead atoms. The van der Waals surface area contributed by atoms with Gasteiger partial charge in [-0.15, -0.1) is 0 Å². The van der Waals surface area contributed by atoms with Crippen molar-refractivity contribution in [2.24, 2.45) is 0 Å². The number of fused-ring (bicyclic) bond motifs is 9.